The van der Waals surface area contributed by atoms with E-state index < -0.39 is 5.97 Å². The van der Waals surface area contributed by atoms with Gasteiger partial charge in [0.2, 0.25) is 0 Å². The number of amides is 2. The SMILES string of the molecule is CC1(C)CC1NC(=O)NCC1(CC(=O)O)CCC1. The van der Waals surface area contributed by atoms with Crippen LogP contribution in [0, 0.1) is 10.8 Å². The molecule has 2 rings (SSSR count). The molecule has 0 bridgehead atoms. The van der Waals surface area contributed by atoms with E-state index in [0.717, 1.165) is 25.7 Å². The van der Waals surface area contributed by atoms with Crippen LogP contribution in [0.4, 0.5) is 4.79 Å². The molecule has 2 aliphatic rings. The summed E-state index contributed by atoms with van der Waals surface area (Å²) >= 11 is 0. The highest BCUT2D eigenvalue weighted by Crippen LogP contribution is 2.45. The molecule has 2 aliphatic carbocycles. The van der Waals surface area contributed by atoms with Crippen molar-refractivity contribution < 1.29 is 14.7 Å². The summed E-state index contributed by atoms with van der Waals surface area (Å²) in [6, 6.07) is 0.0940. The summed E-state index contributed by atoms with van der Waals surface area (Å²) in [4.78, 5) is 22.5. The van der Waals surface area contributed by atoms with Gasteiger partial charge in [0, 0.05) is 12.6 Å². The third kappa shape index (κ3) is 2.94. The minimum atomic E-state index is -0.778. The third-order valence-electron chi connectivity index (χ3n) is 4.38. The molecular weight excluding hydrogens is 232 g/mol. The van der Waals surface area contributed by atoms with Crippen LogP contribution in [-0.2, 0) is 4.79 Å². The normalized spacial score (nSPS) is 26.9. The van der Waals surface area contributed by atoms with Gasteiger partial charge in [0.15, 0.2) is 0 Å². The van der Waals surface area contributed by atoms with Crippen molar-refractivity contribution in [1.29, 1.82) is 0 Å². The van der Waals surface area contributed by atoms with Crippen molar-refractivity contribution in [2.24, 2.45) is 10.8 Å². The molecule has 0 aromatic carbocycles. The number of nitrogens with one attached hydrogen (secondary N) is 2. The predicted octanol–water partition coefficient (Wildman–Crippen LogP) is 1.73. The molecule has 2 amide bonds. The van der Waals surface area contributed by atoms with Gasteiger partial charge in [0.1, 0.15) is 0 Å². The Balaban J connectivity index is 1.73. The molecule has 18 heavy (non-hydrogen) atoms. The first-order chi connectivity index (χ1) is 8.33. The van der Waals surface area contributed by atoms with Gasteiger partial charge < -0.3 is 15.7 Å². The number of rotatable bonds is 5. The van der Waals surface area contributed by atoms with Crippen LogP contribution in [0.25, 0.3) is 0 Å². The third-order valence-corrected chi connectivity index (χ3v) is 4.38. The van der Waals surface area contributed by atoms with E-state index in [1.54, 1.807) is 0 Å². The van der Waals surface area contributed by atoms with Gasteiger partial charge in [-0.25, -0.2) is 4.79 Å². The first kappa shape index (κ1) is 13.2. The Bertz CT molecular complexity index is 361. The fourth-order valence-corrected chi connectivity index (χ4v) is 2.60. The highest BCUT2D eigenvalue weighted by atomic mass is 16.4. The smallest absolute Gasteiger partial charge is 0.315 e. The maximum atomic E-state index is 11.7. The van der Waals surface area contributed by atoms with E-state index >= 15 is 0 Å². The molecule has 102 valence electrons. The Kier molecular flexibility index (Phi) is 3.25. The largest absolute Gasteiger partial charge is 0.481 e. The van der Waals surface area contributed by atoms with Crippen LogP contribution in [-0.4, -0.2) is 29.7 Å². The molecular formula is C13H22N2O3. The van der Waals surface area contributed by atoms with Crippen molar-refractivity contribution in [1.82, 2.24) is 10.6 Å². The lowest BCUT2D eigenvalue weighted by atomic mass is 9.66. The average Bonchev–Trinajstić information content (AvgIpc) is 2.77. The van der Waals surface area contributed by atoms with Crippen molar-refractivity contribution in [2.45, 2.75) is 52.0 Å². The van der Waals surface area contributed by atoms with E-state index in [1.807, 2.05) is 0 Å². The van der Waals surface area contributed by atoms with Gasteiger partial charge in [-0.3, -0.25) is 4.79 Å². The molecule has 2 saturated carbocycles. The Hall–Kier alpha value is -1.26. The fraction of sp³-hybridized carbons (Fsp3) is 0.846. The second kappa shape index (κ2) is 4.44. The number of carbonyl (C=O) groups excluding carboxylic acids is 1. The molecule has 2 fully saturated rings. The van der Waals surface area contributed by atoms with Gasteiger partial charge in [0.05, 0.1) is 6.42 Å². The summed E-state index contributed by atoms with van der Waals surface area (Å²) < 4.78 is 0. The van der Waals surface area contributed by atoms with E-state index in [4.69, 9.17) is 5.11 Å². The number of carboxylic acids is 1. The molecule has 0 saturated heterocycles. The molecule has 0 aromatic heterocycles. The zero-order valence-corrected chi connectivity index (χ0v) is 11.1. The van der Waals surface area contributed by atoms with Gasteiger partial charge in [-0.2, -0.15) is 0 Å². The summed E-state index contributed by atoms with van der Waals surface area (Å²) in [5, 5.41) is 14.6. The Morgan fingerprint density at radius 1 is 1.33 bits per heavy atom. The second-order valence-corrected chi connectivity index (χ2v) is 6.50. The van der Waals surface area contributed by atoms with Crippen LogP contribution in [0.3, 0.4) is 0 Å². The van der Waals surface area contributed by atoms with Crippen molar-refractivity contribution >= 4 is 12.0 Å². The highest BCUT2D eigenvalue weighted by molar-refractivity contribution is 5.75. The molecule has 0 aromatic rings. The van der Waals surface area contributed by atoms with Crippen molar-refractivity contribution in [3.63, 3.8) is 0 Å². The second-order valence-electron chi connectivity index (χ2n) is 6.50. The number of hydrogen-bond donors (Lipinski definition) is 3. The standard InChI is InChI=1S/C13H22N2O3/c1-12(2)6-9(12)15-11(18)14-8-13(4-3-5-13)7-10(16)17/h9H,3-8H2,1-2H3,(H,16,17)(H2,14,15,18). The van der Waals surface area contributed by atoms with Crippen LogP contribution in [0.2, 0.25) is 0 Å². The van der Waals surface area contributed by atoms with Crippen molar-refractivity contribution in [3.8, 4) is 0 Å². The van der Waals surface area contributed by atoms with Crippen LogP contribution in [0.15, 0.2) is 0 Å². The minimum absolute atomic E-state index is 0.155. The summed E-state index contributed by atoms with van der Waals surface area (Å²) in [6.07, 6.45) is 4.03. The zero-order chi connectivity index (χ0) is 13.4. The lowest BCUT2D eigenvalue weighted by molar-refractivity contribution is -0.141. The molecule has 5 heteroatoms. The molecule has 0 heterocycles. The number of urea groups is 1. The summed E-state index contributed by atoms with van der Waals surface area (Å²) in [6.45, 7) is 4.71. The molecule has 1 atom stereocenters. The number of carboxylic acid groups (broad SMARTS) is 1. The number of carbonyl (C=O) groups is 2. The van der Waals surface area contributed by atoms with E-state index in [1.165, 1.54) is 0 Å². The first-order valence-corrected chi connectivity index (χ1v) is 6.59. The lowest BCUT2D eigenvalue weighted by Gasteiger charge is -2.40. The van der Waals surface area contributed by atoms with Gasteiger partial charge in [-0.1, -0.05) is 20.3 Å². The van der Waals surface area contributed by atoms with Crippen LogP contribution < -0.4 is 10.6 Å². The van der Waals surface area contributed by atoms with Gasteiger partial charge in [0.25, 0.3) is 0 Å². The highest BCUT2D eigenvalue weighted by Gasteiger charge is 2.47. The average molecular weight is 254 g/mol. The molecule has 3 N–H and O–H groups in total. The van der Waals surface area contributed by atoms with Gasteiger partial charge >= 0.3 is 12.0 Å². The molecule has 0 radical (unpaired) electrons. The van der Waals surface area contributed by atoms with E-state index in [0.29, 0.717) is 6.54 Å². The quantitative estimate of drug-likeness (QED) is 0.699. The minimum Gasteiger partial charge on any atom is -0.481 e. The van der Waals surface area contributed by atoms with Crippen LogP contribution in [0.5, 0.6) is 0 Å². The predicted molar refractivity (Wildman–Crippen MR) is 67.3 cm³/mol. The number of aliphatic carboxylic acids is 1. The zero-order valence-electron chi connectivity index (χ0n) is 11.1. The lowest BCUT2D eigenvalue weighted by Crippen LogP contribution is -2.47. The maximum absolute atomic E-state index is 11.7. The molecule has 5 nitrogen and oxygen atoms in total. The Morgan fingerprint density at radius 3 is 2.33 bits per heavy atom. The fourth-order valence-electron chi connectivity index (χ4n) is 2.60. The Labute approximate surface area is 107 Å². The molecule has 1 unspecified atom stereocenters. The van der Waals surface area contributed by atoms with Crippen LogP contribution in [0.1, 0.15) is 46.0 Å². The Morgan fingerprint density at radius 2 is 1.94 bits per heavy atom. The summed E-state index contributed by atoms with van der Waals surface area (Å²) in [7, 11) is 0. The van der Waals surface area contributed by atoms with E-state index in [2.05, 4.69) is 24.5 Å². The van der Waals surface area contributed by atoms with E-state index in [9.17, 15) is 9.59 Å². The van der Waals surface area contributed by atoms with Crippen molar-refractivity contribution in [3.05, 3.63) is 0 Å². The van der Waals surface area contributed by atoms with Crippen LogP contribution >= 0.6 is 0 Å². The van der Waals surface area contributed by atoms with E-state index in [-0.39, 0.29) is 29.3 Å². The maximum Gasteiger partial charge on any atom is 0.315 e. The monoisotopic (exact) mass is 254 g/mol. The van der Waals surface area contributed by atoms with Crippen molar-refractivity contribution in [2.75, 3.05) is 6.54 Å². The molecule has 0 spiro atoms. The topological polar surface area (TPSA) is 78.4 Å². The van der Waals surface area contributed by atoms with Gasteiger partial charge in [-0.05, 0) is 30.1 Å². The molecule has 0 aliphatic heterocycles. The van der Waals surface area contributed by atoms with Gasteiger partial charge in [-0.15, -0.1) is 0 Å². The number of hydrogen-bond acceptors (Lipinski definition) is 2. The summed E-state index contributed by atoms with van der Waals surface area (Å²) in [5.74, 6) is -0.778. The summed E-state index contributed by atoms with van der Waals surface area (Å²) in [5.41, 5.74) is 0.00873. The first-order valence-electron chi connectivity index (χ1n) is 6.59.